The maximum absolute atomic E-state index is 12.8. The molecular weight excluding hydrogens is 978 g/mol. The maximum Gasteiger partial charge on any atom is 0.472 e. The number of quaternary nitrogens is 1. The monoisotopic (exact) mass is 1100 g/mol. The van der Waals surface area contributed by atoms with E-state index < -0.39 is 26.5 Å². The van der Waals surface area contributed by atoms with E-state index in [0.29, 0.717) is 17.4 Å². The van der Waals surface area contributed by atoms with Crippen LogP contribution in [0.3, 0.4) is 0 Å². The van der Waals surface area contributed by atoms with Crippen LogP contribution in [-0.4, -0.2) is 74.9 Å². The molecule has 0 heterocycles. The summed E-state index contributed by atoms with van der Waals surface area (Å²) in [5, 5.41) is 0. The van der Waals surface area contributed by atoms with Crippen molar-refractivity contribution in [2.45, 2.75) is 283 Å². The number of hydrogen-bond acceptors (Lipinski definition) is 7. The van der Waals surface area contributed by atoms with Gasteiger partial charge in [-0.05, 0) is 70.6 Å². The number of ether oxygens (including phenoxy) is 2. The molecule has 77 heavy (non-hydrogen) atoms. The average Bonchev–Trinajstić information content (AvgIpc) is 3.39. The van der Waals surface area contributed by atoms with Crippen LogP contribution in [0.15, 0.2) is 85.1 Å². The van der Waals surface area contributed by atoms with Gasteiger partial charge >= 0.3 is 19.8 Å². The number of phosphoric ester groups is 1. The minimum Gasteiger partial charge on any atom is -0.462 e. The minimum absolute atomic E-state index is 0.0248. The molecule has 0 aromatic heterocycles. The zero-order valence-corrected chi connectivity index (χ0v) is 51.6. The van der Waals surface area contributed by atoms with Gasteiger partial charge in [-0.25, -0.2) is 4.57 Å². The molecule has 1 N–H and O–H groups in total. The molecule has 9 nitrogen and oxygen atoms in total. The third kappa shape index (κ3) is 62.3. The van der Waals surface area contributed by atoms with Crippen molar-refractivity contribution in [3.05, 3.63) is 85.1 Å². The molecule has 2 unspecified atom stereocenters. The summed E-state index contributed by atoms with van der Waals surface area (Å²) in [6.07, 6.45) is 78.1. The Kier molecular flexibility index (Phi) is 55.8. The number of unbranched alkanes of at least 4 members (excludes halogenated alkanes) is 30. The lowest BCUT2D eigenvalue weighted by Crippen LogP contribution is -2.37. The SMILES string of the molecule is CC/C=C\C/C=C\C/C=C\C/C=C\C/C=C\C/C=C\C/C=C\CCCCCCCC(=O)OC(COC(=O)CCCCCCCCCCCCCCCCCCCCCCCCCCCC)COP(=O)(O)OCC[N+](C)(C)C. The molecule has 0 aliphatic rings. The summed E-state index contributed by atoms with van der Waals surface area (Å²) in [5.74, 6) is -0.813. The van der Waals surface area contributed by atoms with E-state index >= 15 is 0 Å². The lowest BCUT2D eigenvalue weighted by atomic mass is 10.0. The third-order valence-electron chi connectivity index (χ3n) is 13.7. The van der Waals surface area contributed by atoms with Gasteiger partial charge in [0.05, 0.1) is 27.7 Å². The molecule has 0 rings (SSSR count). The fourth-order valence-corrected chi connectivity index (χ4v) is 9.56. The molecule has 0 saturated heterocycles. The third-order valence-corrected chi connectivity index (χ3v) is 14.7. The molecule has 2 atom stereocenters. The minimum atomic E-state index is -4.40. The Morgan fingerprint density at radius 3 is 1.10 bits per heavy atom. The number of rotatable bonds is 58. The molecule has 0 aliphatic heterocycles. The summed E-state index contributed by atoms with van der Waals surface area (Å²) >= 11 is 0. The van der Waals surface area contributed by atoms with Crippen LogP contribution in [0.1, 0.15) is 277 Å². The first-order valence-electron chi connectivity index (χ1n) is 31.8. The van der Waals surface area contributed by atoms with Crippen LogP contribution in [0.2, 0.25) is 0 Å². The van der Waals surface area contributed by atoms with E-state index in [1.807, 2.05) is 21.1 Å². The van der Waals surface area contributed by atoms with Crippen molar-refractivity contribution in [3.63, 3.8) is 0 Å². The van der Waals surface area contributed by atoms with Gasteiger partial charge < -0.3 is 18.9 Å². The predicted octanol–water partition coefficient (Wildman–Crippen LogP) is 20.2. The van der Waals surface area contributed by atoms with Crippen molar-refractivity contribution in [1.29, 1.82) is 0 Å². The van der Waals surface area contributed by atoms with Crippen LogP contribution in [0.4, 0.5) is 0 Å². The number of likely N-dealkylation sites (N-methyl/N-ethyl adjacent to an activating group) is 1. The van der Waals surface area contributed by atoms with E-state index in [1.165, 1.54) is 148 Å². The van der Waals surface area contributed by atoms with Gasteiger partial charge in [0.2, 0.25) is 0 Å². The van der Waals surface area contributed by atoms with Gasteiger partial charge in [0.1, 0.15) is 19.8 Å². The Morgan fingerprint density at radius 1 is 0.416 bits per heavy atom. The number of carbonyl (C=O) groups is 2. The Bertz CT molecular complexity index is 1580. The van der Waals surface area contributed by atoms with Gasteiger partial charge in [0.25, 0.3) is 0 Å². The normalized spacial score (nSPS) is 13.8. The molecule has 0 radical (unpaired) electrons. The Hall–Kier alpha value is -2.81. The maximum atomic E-state index is 12.8. The first-order valence-corrected chi connectivity index (χ1v) is 33.3. The van der Waals surface area contributed by atoms with Crippen molar-refractivity contribution in [1.82, 2.24) is 0 Å². The molecule has 0 amide bonds. The first kappa shape index (κ1) is 74.2. The van der Waals surface area contributed by atoms with Crippen LogP contribution >= 0.6 is 7.82 Å². The predicted molar refractivity (Wildman–Crippen MR) is 330 cm³/mol. The molecule has 446 valence electrons. The summed E-state index contributed by atoms with van der Waals surface area (Å²) in [7, 11) is 1.46. The first-order chi connectivity index (χ1) is 37.5. The van der Waals surface area contributed by atoms with Gasteiger partial charge in [0.15, 0.2) is 6.10 Å². The quantitative estimate of drug-likeness (QED) is 0.0211. The van der Waals surface area contributed by atoms with Gasteiger partial charge in [-0.3, -0.25) is 18.6 Å². The lowest BCUT2D eigenvalue weighted by molar-refractivity contribution is -0.870. The number of nitrogens with zero attached hydrogens (tertiary/aromatic N) is 1. The Balaban J connectivity index is 4.16. The zero-order valence-electron chi connectivity index (χ0n) is 50.7. The molecule has 0 aromatic rings. The summed E-state index contributed by atoms with van der Waals surface area (Å²) in [4.78, 5) is 35.8. The smallest absolute Gasteiger partial charge is 0.462 e. The molecule has 0 aromatic carbocycles. The Morgan fingerprint density at radius 2 is 0.740 bits per heavy atom. The number of hydrogen-bond donors (Lipinski definition) is 1. The van der Waals surface area contributed by atoms with Crippen molar-refractivity contribution in [2.75, 3.05) is 47.5 Å². The largest absolute Gasteiger partial charge is 0.472 e. The summed E-state index contributed by atoms with van der Waals surface area (Å²) < 4.78 is 34.6. The number of phosphoric acid groups is 1. The van der Waals surface area contributed by atoms with E-state index in [9.17, 15) is 19.0 Å². The Labute approximate surface area is 475 Å². The fourth-order valence-electron chi connectivity index (χ4n) is 8.82. The van der Waals surface area contributed by atoms with Crippen molar-refractivity contribution < 1.29 is 42.1 Å². The van der Waals surface area contributed by atoms with Gasteiger partial charge in [-0.15, -0.1) is 0 Å². The highest BCUT2D eigenvalue weighted by Gasteiger charge is 2.27. The van der Waals surface area contributed by atoms with Gasteiger partial charge in [-0.1, -0.05) is 279 Å². The van der Waals surface area contributed by atoms with Crippen molar-refractivity contribution >= 4 is 19.8 Å². The second kappa shape index (κ2) is 57.9. The molecule has 0 bridgehead atoms. The lowest BCUT2D eigenvalue weighted by Gasteiger charge is -2.24. The van der Waals surface area contributed by atoms with E-state index in [4.69, 9.17) is 18.5 Å². The van der Waals surface area contributed by atoms with Crippen LogP contribution in [0.25, 0.3) is 0 Å². The molecule has 0 fully saturated rings. The number of carbonyl (C=O) groups excluding carboxylic acids is 2. The summed E-state index contributed by atoms with van der Waals surface area (Å²) in [6, 6.07) is 0. The zero-order chi connectivity index (χ0) is 56.3. The van der Waals surface area contributed by atoms with E-state index in [0.717, 1.165) is 96.3 Å². The number of esters is 2. The second-order valence-corrected chi connectivity index (χ2v) is 23.9. The van der Waals surface area contributed by atoms with Crippen LogP contribution < -0.4 is 0 Å². The molecule has 0 spiro atoms. The topological polar surface area (TPSA) is 108 Å². The van der Waals surface area contributed by atoms with Crippen LogP contribution in [-0.2, 0) is 32.7 Å². The highest BCUT2D eigenvalue weighted by molar-refractivity contribution is 7.47. The molecule has 0 saturated carbocycles. The fraction of sp³-hybridized carbons (Fsp3) is 0.761. The van der Waals surface area contributed by atoms with E-state index in [1.54, 1.807) is 0 Å². The molecule has 10 heteroatoms. The standard InChI is InChI=1S/C67H120NO8P/c1-6-8-10-12-14-16-18-20-22-24-26-28-30-32-34-36-38-40-42-44-46-48-50-52-54-56-58-60-67(70)76-65(64-75-77(71,72)74-62-61-68(3,4)5)63-73-66(69)59-57-55-53-51-49-47-45-43-41-39-37-35-33-31-29-27-25-23-21-19-17-15-13-11-9-7-2/h8,10,14,16,20,22,26,28,32,34,38,40,44,46,65H,6-7,9,11-13,15,17-19,21,23-25,27,29-31,33,35-37,39,41-43,45,47-64H2,1-5H3/p+1/b10-8-,16-14-,22-20-,28-26-,34-32-,40-38-,46-44-. The average molecular weight is 1100 g/mol. The highest BCUT2D eigenvalue weighted by Crippen LogP contribution is 2.43. The highest BCUT2D eigenvalue weighted by atomic mass is 31.2. The van der Waals surface area contributed by atoms with E-state index in [2.05, 4.69) is 98.9 Å². The second-order valence-electron chi connectivity index (χ2n) is 22.4. The molecule has 0 aliphatic carbocycles. The van der Waals surface area contributed by atoms with Gasteiger partial charge in [0, 0.05) is 12.8 Å². The number of allylic oxidation sites excluding steroid dienone is 14. The van der Waals surface area contributed by atoms with Crippen molar-refractivity contribution in [2.24, 2.45) is 0 Å². The molecular formula is C67H121NO8P+. The van der Waals surface area contributed by atoms with Gasteiger partial charge in [-0.2, -0.15) is 0 Å². The summed E-state index contributed by atoms with van der Waals surface area (Å²) in [6.45, 7) is 4.33. The van der Waals surface area contributed by atoms with Crippen molar-refractivity contribution in [3.8, 4) is 0 Å². The van der Waals surface area contributed by atoms with E-state index in [-0.39, 0.29) is 32.0 Å². The summed E-state index contributed by atoms with van der Waals surface area (Å²) in [5.41, 5.74) is 0. The van der Waals surface area contributed by atoms with Crippen LogP contribution in [0.5, 0.6) is 0 Å². The van der Waals surface area contributed by atoms with Crippen LogP contribution in [0, 0.1) is 0 Å².